The van der Waals surface area contributed by atoms with Gasteiger partial charge in [-0.25, -0.2) is 0 Å². The van der Waals surface area contributed by atoms with Crippen molar-refractivity contribution < 1.29 is 14.2 Å². The maximum Gasteiger partial charge on any atom is 0.289 e. The highest BCUT2D eigenvalue weighted by atomic mass is 16.5. The Morgan fingerprint density at radius 1 is 1.12 bits per heavy atom. The van der Waals surface area contributed by atoms with E-state index in [2.05, 4.69) is 23.2 Å². The van der Waals surface area contributed by atoms with Crippen molar-refractivity contribution in [3.63, 3.8) is 0 Å². The van der Waals surface area contributed by atoms with E-state index in [0.29, 0.717) is 34.8 Å². The van der Waals surface area contributed by atoms with Crippen LogP contribution >= 0.6 is 0 Å². The molecule has 0 fully saturated rings. The summed E-state index contributed by atoms with van der Waals surface area (Å²) in [5, 5.41) is 4.91. The second kappa shape index (κ2) is 10.7. The summed E-state index contributed by atoms with van der Waals surface area (Å²) in [4.78, 5) is 13.5. The molecule has 1 amide bonds. The number of nitrogens with zero attached hydrogens (tertiary/aromatic N) is 2. The lowest BCUT2D eigenvalue weighted by molar-refractivity contribution is -0.612. The summed E-state index contributed by atoms with van der Waals surface area (Å²) in [5.41, 5.74) is 3.78. The summed E-state index contributed by atoms with van der Waals surface area (Å²) in [5.74, 6) is 5.33. The molecule has 33 heavy (non-hydrogen) atoms. The van der Waals surface area contributed by atoms with Gasteiger partial charge in [0.15, 0.2) is 5.75 Å². The highest BCUT2D eigenvalue weighted by molar-refractivity contribution is 6.08. The van der Waals surface area contributed by atoms with Crippen molar-refractivity contribution in [1.82, 2.24) is 5.01 Å². The number of ether oxygens (including phenoxy) is 1. The van der Waals surface area contributed by atoms with Crippen molar-refractivity contribution in [1.29, 1.82) is 0 Å². The zero-order valence-electron chi connectivity index (χ0n) is 18.9. The van der Waals surface area contributed by atoms with Gasteiger partial charge in [0.05, 0.1) is 20.7 Å². The summed E-state index contributed by atoms with van der Waals surface area (Å²) >= 11 is 0. The highest BCUT2D eigenvalue weighted by Gasteiger charge is 2.29. The zero-order valence-corrected chi connectivity index (χ0v) is 18.9. The lowest BCUT2D eigenvalue weighted by atomic mass is 10.1. The molecule has 0 heterocycles. The molecule has 0 atom stereocenters. The number of carbonyl (C=O) groups is 1. The quantitative estimate of drug-likeness (QED) is 0.260. The molecule has 1 radical (unpaired) electrons. The second-order valence-electron chi connectivity index (χ2n) is 7.18. The smallest absolute Gasteiger partial charge is 0.289 e. The van der Waals surface area contributed by atoms with Crippen LogP contribution in [0, 0.1) is 30.8 Å². The van der Waals surface area contributed by atoms with Crippen molar-refractivity contribution in [2.24, 2.45) is 0 Å². The van der Waals surface area contributed by atoms with E-state index in [9.17, 15) is 4.79 Å². The van der Waals surface area contributed by atoms with E-state index in [0.717, 1.165) is 11.1 Å². The summed E-state index contributed by atoms with van der Waals surface area (Å²) in [7, 11) is 3.49. The molecule has 5 nitrogen and oxygen atoms in total. The van der Waals surface area contributed by atoms with E-state index >= 15 is 0 Å². The molecule has 1 N–H and O–H groups in total. The Kier molecular flexibility index (Phi) is 7.52. The summed E-state index contributed by atoms with van der Waals surface area (Å²) in [6, 6.07) is 21.1. The molecule has 0 saturated carbocycles. The predicted octanol–water partition coefficient (Wildman–Crippen LogP) is 4.34. The Morgan fingerprint density at radius 2 is 1.79 bits per heavy atom. The van der Waals surface area contributed by atoms with Gasteiger partial charge in [0.25, 0.3) is 11.6 Å². The number of rotatable bonds is 7. The predicted molar refractivity (Wildman–Crippen MR) is 132 cm³/mol. The van der Waals surface area contributed by atoms with E-state index in [4.69, 9.17) is 17.6 Å². The van der Waals surface area contributed by atoms with Crippen LogP contribution in [-0.4, -0.2) is 42.5 Å². The van der Waals surface area contributed by atoms with Crippen LogP contribution < -0.4 is 10.1 Å². The number of carbonyl (C=O) groups excluding carboxylic acids is 1. The number of terminal acetylenes is 2. The minimum Gasteiger partial charge on any atom is -0.490 e. The highest BCUT2D eigenvalue weighted by Crippen LogP contribution is 2.34. The molecule has 5 heteroatoms. The Labute approximate surface area is 195 Å². The Hall–Kier alpha value is -4.48. The largest absolute Gasteiger partial charge is 0.490 e. The molecule has 3 rings (SSSR count). The fourth-order valence-electron chi connectivity index (χ4n) is 3.22. The van der Waals surface area contributed by atoms with Gasteiger partial charge in [-0.2, -0.15) is 5.01 Å². The molecular formula is C28H25N3O2+. The first-order valence-corrected chi connectivity index (χ1v) is 10.4. The number of hydrogen-bond acceptors (Lipinski definition) is 3. The Morgan fingerprint density at radius 3 is 2.36 bits per heavy atom. The topological polar surface area (TPSA) is 44.6 Å². The summed E-state index contributed by atoms with van der Waals surface area (Å²) in [6.45, 7) is 2.71. The first kappa shape index (κ1) is 23.2. The molecule has 0 bridgehead atoms. The van der Waals surface area contributed by atoms with Gasteiger partial charge in [-0.3, -0.25) is 4.79 Å². The number of benzene rings is 3. The SMILES string of the molecule is C#Cc1ccc(NC(=O)c2cc(C#C)cc(OC)c2[N+](=Cc2cc[c]cc2)N(C)CC)cc1. The Bertz CT molecular complexity index is 1250. The van der Waals surface area contributed by atoms with Gasteiger partial charge >= 0.3 is 0 Å². The molecule has 3 aromatic carbocycles. The number of methoxy groups -OCH3 is 1. The number of hydrazone groups is 1. The van der Waals surface area contributed by atoms with Crippen LogP contribution in [0.5, 0.6) is 5.75 Å². The van der Waals surface area contributed by atoms with Crippen molar-refractivity contribution in [2.75, 3.05) is 26.0 Å². The maximum absolute atomic E-state index is 13.5. The van der Waals surface area contributed by atoms with Gasteiger partial charge in [-0.15, -0.1) is 12.8 Å². The molecule has 0 unspecified atom stereocenters. The van der Waals surface area contributed by atoms with Crippen LogP contribution in [-0.2, 0) is 0 Å². The van der Waals surface area contributed by atoms with E-state index < -0.39 is 0 Å². The summed E-state index contributed by atoms with van der Waals surface area (Å²) < 4.78 is 7.57. The molecule has 0 aliphatic heterocycles. The lowest BCUT2D eigenvalue weighted by Crippen LogP contribution is -2.31. The minimum atomic E-state index is -0.321. The number of nitrogens with one attached hydrogen (secondary N) is 1. The van der Waals surface area contributed by atoms with Crippen molar-refractivity contribution in [2.45, 2.75) is 6.92 Å². The van der Waals surface area contributed by atoms with Gasteiger partial charge in [-0.05, 0) is 55.5 Å². The van der Waals surface area contributed by atoms with Crippen molar-refractivity contribution in [3.8, 4) is 30.4 Å². The molecule has 0 spiro atoms. The number of hydrogen-bond donors (Lipinski definition) is 1. The number of hydrazine groups is 1. The maximum atomic E-state index is 13.5. The third-order valence-electron chi connectivity index (χ3n) is 5.09. The van der Waals surface area contributed by atoms with Crippen LogP contribution in [0.4, 0.5) is 11.4 Å². The van der Waals surface area contributed by atoms with Gasteiger partial charge in [0.2, 0.25) is 6.21 Å². The minimum absolute atomic E-state index is 0.321. The van der Waals surface area contributed by atoms with E-state index in [1.165, 1.54) is 0 Å². The van der Waals surface area contributed by atoms with Crippen LogP contribution in [0.1, 0.15) is 34.0 Å². The second-order valence-corrected chi connectivity index (χ2v) is 7.18. The van der Waals surface area contributed by atoms with Crippen LogP contribution in [0.15, 0.2) is 60.7 Å². The van der Waals surface area contributed by atoms with Crippen LogP contribution in [0.25, 0.3) is 0 Å². The summed E-state index contributed by atoms with van der Waals surface area (Å²) in [6.07, 6.45) is 13.0. The molecule has 0 aromatic heterocycles. The molecule has 3 aromatic rings. The Balaban J connectivity index is 2.18. The zero-order chi connectivity index (χ0) is 23.8. The molecule has 163 valence electrons. The van der Waals surface area contributed by atoms with Crippen LogP contribution in [0.3, 0.4) is 0 Å². The molecule has 0 aliphatic carbocycles. The monoisotopic (exact) mass is 435 g/mol. The average molecular weight is 436 g/mol. The van der Waals surface area contributed by atoms with Gasteiger partial charge in [0, 0.05) is 28.4 Å². The third kappa shape index (κ3) is 5.42. The fourth-order valence-corrected chi connectivity index (χ4v) is 3.22. The fraction of sp³-hybridized carbons (Fsp3) is 0.143. The molecule has 0 saturated heterocycles. The average Bonchev–Trinajstić information content (AvgIpc) is 2.87. The van der Waals surface area contributed by atoms with Crippen molar-refractivity contribution >= 4 is 23.5 Å². The normalized spacial score (nSPS) is 10.6. The van der Waals surface area contributed by atoms with E-state index in [-0.39, 0.29) is 5.91 Å². The third-order valence-corrected chi connectivity index (χ3v) is 5.09. The van der Waals surface area contributed by atoms with Gasteiger partial charge in [0.1, 0.15) is 5.56 Å². The lowest BCUT2D eigenvalue weighted by Gasteiger charge is -2.18. The molecule has 0 aliphatic rings. The van der Waals surface area contributed by atoms with Crippen LogP contribution in [0.2, 0.25) is 0 Å². The molecular weight excluding hydrogens is 410 g/mol. The van der Waals surface area contributed by atoms with Crippen molar-refractivity contribution in [3.05, 3.63) is 89.0 Å². The first-order valence-electron chi connectivity index (χ1n) is 10.4. The van der Waals surface area contributed by atoms with Gasteiger partial charge < -0.3 is 10.1 Å². The number of anilines is 1. The van der Waals surface area contributed by atoms with Gasteiger partial charge in [-0.1, -0.05) is 28.7 Å². The van der Waals surface area contributed by atoms with E-state index in [1.54, 1.807) is 43.5 Å². The standard InChI is InChI=1S/C28H24N3O2/c1-6-21-14-16-24(17-15-21)29-28(32)25-18-22(7-2)19-26(33-5)27(25)31(30(4)8-3)20-23-12-10-9-11-13-23/h1-2,10-20H,8H2,3-5H3/p+1. The first-order chi connectivity index (χ1) is 16.0. The number of amides is 1. The van der Waals surface area contributed by atoms with E-state index in [1.807, 2.05) is 54.1 Å².